The molecule has 2 rings (SSSR count). The summed E-state index contributed by atoms with van der Waals surface area (Å²) in [6, 6.07) is 6.16. The van der Waals surface area contributed by atoms with Crippen molar-refractivity contribution in [1.82, 2.24) is 4.98 Å². The Bertz CT molecular complexity index is 642. The summed E-state index contributed by atoms with van der Waals surface area (Å²) in [4.78, 5) is 15.2. The molecule has 3 N–H and O–H groups in total. The van der Waals surface area contributed by atoms with Gasteiger partial charge in [-0.25, -0.2) is 0 Å². The Labute approximate surface area is 116 Å². The number of hydrogen-bond acceptors (Lipinski definition) is 5. The lowest BCUT2D eigenvalue weighted by atomic mass is 10.1. The fourth-order valence-corrected chi connectivity index (χ4v) is 1.93. The van der Waals surface area contributed by atoms with Crippen LogP contribution in [0.15, 0.2) is 24.3 Å². The van der Waals surface area contributed by atoms with E-state index in [9.17, 15) is 4.79 Å². The average molecular weight is 276 g/mol. The molecule has 20 heavy (non-hydrogen) atoms. The molecule has 0 radical (unpaired) electrons. The average Bonchev–Trinajstić information content (AvgIpc) is 2.45. The Morgan fingerprint density at radius 1 is 1.35 bits per heavy atom. The first kappa shape index (κ1) is 14.1. The Balaban J connectivity index is 2.44. The summed E-state index contributed by atoms with van der Waals surface area (Å²) in [5, 5.41) is 9.66. The van der Waals surface area contributed by atoms with Crippen molar-refractivity contribution in [2.45, 2.75) is 12.5 Å². The van der Waals surface area contributed by atoms with Gasteiger partial charge in [0.1, 0.15) is 17.5 Å². The van der Waals surface area contributed by atoms with E-state index >= 15 is 0 Å². The predicted octanol–water partition coefficient (Wildman–Crippen LogP) is 1.21. The summed E-state index contributed by atoms with van der Waals surface area (Å²) in [6.45, 7) is 0. The van der Waals surface area contributed by atoms with Gasteiger partial charge < -0.3 is 20.3 Å². The number of pyridine rings is 1. The third-order valence-corrected chi connectivity index (χ3v) is 3.00. The molecule has 0 saturated carbocycles. The molecule has 106 valence electrons. The maximum atomic E-state index is 10.8. The molecule has 1 unspecified atom stereocenters. The molecule has 1 atom stereocenters. The second-order valence-electron chi connectivity index (χ2n) is 4.35. The Morgan fingerprint density at radius 3 is 2.70 bits per heavy atom. The zero-order valence-electron chi connectivity index (χ0n) is 11.3. The Morgan fingerprint density at radius 2 is 2.10 bits per heavy atom. The highest BCUT2D eigenvalue weighted by atomic mass is 16.5. The molecule has 0 fully saturated rings. The van der Waals surface area contributed by atoms with Crippen molar-refractivity contribution in [1.29, 1.82) is 0 Å². The van der Waals surface area contributed by atoms with Crippen LogP contribution in [0, 0.1) is 0 Å². The molecule has 0 spiro atoms. The van der Waals surface area contributed by atoms with Crippen LogP contribution in [0.2, 0.25) is 0 Å². The van der Waals surface area contributed by atoms with E-state index in [1.807, 2.05) is 6.07 Å². The van der Waals surface area contributed by atoms with Crippen molar-refractivity contribution in [2.24, 2.45) is 5.73 Å². The highest BCUT2D eigenvalue weighted by Gasteiger charge is 2.14. The van der Waals surface area contributed by atoms with Gasteiger partial charge in [-0.05, 0) is 12.1 Å². The molecule has 1 aromatic carbocycles. The molecule has 2 aromatic rings. The monoisotopic (exact) mass is 276 g/mol. The number of aromatic nitrogens is 1. The van der Waals surface area contributed by atoms with Gasteiger partial charge in [0.2, 0.25) is 0 Å². The zero-order chi connectivity index (χ0) is 14.7. The van der Waals surface area contributed by atoms with Gasteiger partial charge in [-0.15, -0.1) is 0 Å². The minimum atomic E-state index is -1.05. The number of carbonyl (C=O) groups is 1. The fraction of sp³-hybridized carbons (Fsp3) is 0.286. The van der Waals surface area contributed by atoms with E-state index in [1.165, 1.54) is 0 Å². The van der Waals surface area contributed by atoms with Gasteiger partial charge in [-0.2, -0.15) is 0 Å². The molecule has 1 aromatic heterocycles. The topological polar surface area (TPSA) is 94.7 Å². The van der Waals surface area contributed by atoms with Crippen LogP contribution >= 0.6 is 0 Å². The van der Waals surface area contributed by atoms with Crippen molar-refractivity contribution in [3.05, 3.63) is 30.0 Å². The minimum absolute atomic E-state index is 0.171. The number of fused-ring (bicyclic) bond motifs is 1. The summed E-state index contributed by atoms with van der Waals surface area (Å²) < 4.78 is 10.5. The third kappa shape index (κ3) is 2.80. The summed E-state index contributed by atoms with van der Waals surface area (Å²) in [5.41, 5.74) is 6.81. The van der Waals surface area contributed by atoms with Gasteiger partial charge in [-0.1, -0.05) is 0 Å². The molecule has 0 aliphatic carbocycles. The molecular weight excluding hydrogens is 260 g/mol. The van der Waals surface area contributed by atoms with Gasteiger partial charge in [0.05, 0.1) is 19.7 Å². The number of nitrogens with two attached hydrogens (primary N) is 1. The second kappa shape index (κ2) is 5.75. The number of nitrogens with zero attached hydrogens (tertiary/aromatic N) is 1. The number of carboxylic acid groups (broad SMARTS) is 1. The highest BCUT2D eigenvalue weighted by Crippen LogP contribution is 2.30. The van der Waals surface area contributed by atoms with Crippen LogP contribution in [0.1, 0.15) is 5.69 Å². The normalized spacial score (nSPS) is 12.2. The molecule has 0 aliphatic rings. The largest absolute Gasteiger partial charge is 0.497 e. The van der Waals surface area contributed by atoms with E-state index in [2.05, 4.69) is 4.98 Å². The molecular formula is C14H16N2O4. The Hall–Kier alpha value is -2.34. The van der Waals surface area contributed by atoms with Crippen LogP contribution in [0.4, 0.5) is 0 Å². The van der Waals surface area contributed by atoms with Crippen molar-refractivity contribution in [3.63, 3.8) is 0 Å². The molecule has 1 heterocycles. The molecule has 6 heteroatoms. The SMILES string of the molecule is COc1cc(OC)c2ccc(CC(N)C(=O)O)nc2c1. The van der Waals surface area contributed by atoms with E-state index in [4.69, 9.17) is 20.3 Å². The number of carboxylic acids is 1. The van der Waals surface area contributed by atoms with Crippen LogP contribution < -0.4 is 15.2 Å². The minimum Gasteiger partial charge on any atom is -0.497 e. The van der Waals surface area contributed by atoms with Crippen LogP contribution in [0.5, 0.6) is 11.5 Å². The molecule has 6 nitrogen and oxygen atoms in total. The summed E-state index contributed by atoms with van der Waals surface area (Å²) in [6.07, 6.45) is 0.171. The lowest BCUT2D eigenvalue weighted by molar-refractivity contribution is -0.138. The quantitative estimate of drug-likeness (QED) is 0.852. The van der Waals surface area contributed by atoms with E-state index < -0.39 is 12.0 Å². The third-order valence-electron chi connectivity index (χ3n) is 3.00. The summed E-state index contributed by atoms with van der Waals surface area (Å²) >= 11 is 0. The number of hydrogen-bond donors (Lipinski definition) is 2. The Kier molecular flexibility index (Phi) is 4.05. The molecule has 0 aliphatic heterocycles. The van der Waals surface area contributed by atoms with Crippen molar-refractivity contribution < 1.29 is 19.4 Å². The standard InChI is InChI=1S/C14H16N2O4/c1-19-9-6-12-10(13(7-9)20-2)4-3-8(16-12)5-11(15)14(17)18/h3-4,6-7,11H,5,15H2,1-2H3,(H,17,18). The van der Waals surface area contributed by atoms with E-state index in [0.717, 1.165) is 5.39 Å². The van der Waals surface area contributed by atoms with Crippen LogP contribution in [0.3, 0.4) is 0 Å². The van der Waals surface area contributed by atoms with Crippen LogP contribution in [-0.4, -0.2) is 36.3 Å². The number of benzene rings is 1. The molecule has 0 amide bonds. The summed E-state index contributed by atoms with van der Waals surface area (Å²) in [5.74, 6) is 0.234. The molecule has 0 saturated heterocycles. The van der Waals surface area contributed by atoms with E-state index in [1.54, 1.807) is 32.4 Å². The number of rotatable bonds is 5. The fourth-order valence-electron chi connectivity index (χ4n) is 1.93. The lowest BCUT2D eigenvalue weighted by Crippen LogP contribution is -2.32. The van der Waals surface area contributed by atoms with Crippen LogP contribution in [0.25, 0.3) is 10.9 Å². The van der Waals surface area contributed by atoms with Gasteiger partial charge in [0, 0.05) is 29.6 Å². The number of aliphatic carboxylic acids is 1. The van der Waals surface area contributed by atoms with Gasteiger partial charge in [0.25, 0.3) is 0 Å². The van der Waals surface area contributed by atoms with Crippen LogP contribution in [-0.2, 0) is 11.2 Å². The lowest BCUT2D eigenvalue weighted by Gasteiger charge is -2.10. The van der Waals surface area contributed by atoms with Crippen molar-refractivity contribution in [2.75, 3.05) is 14.2 Å². The number of ether oxygens (including phenoxy) is 2. The van der Waals surface area contributed by atoms with E-state index in [-0.39, 0.29) is 6.42 Å². The summed E-state index contributed by atoms with van der Waals surface area (Å²) in [7, 11) is 3.13. The first-order chi connectivity index (χ1) is 9.55. The van der Waals surface area contributed by atoms with Crippen molar-refractivity contribution >= 4 is 16.9 Å². The second-order valence-corrected chi connectivity index (χ2v) is 4.35. The van der Waals surface area contributed by atoms with Crippen molar-refractivity contribution in [3.8, 4) is 11.5 Å². The van der Waals surface area contributed by atoms with Gasteiger partial charge in [-0.3, -0.25) is 9.78 Å². The first-order valence-corrected chi connectivity index (χ1v) is 6.05. The maximum Gasteiger partial charge on any atom is 0.320 e. The van der Waals surface area contributed by atoms with E-state index in [0.29, 0.717) is 22.7 Å². The predicted molar refractivity (Wildman–Crippen MR) is 74.2 cm³/mol. The van der Waals surface area contributed by atoms with Gasteiger partial charge >= 0.3 is 5.97 Å². The smallest absolute Gasteiger partial charge is 0.320 e. The number of methoxy groups -OCH3 is 2. The molecule has 0 bridgehead atoms. The maximum absolute atomic E-state index is 10.8. The van der Waals surface area contributed by atoms with Gasteiger partial charge in [0.15, 0.2) is 0 Å². The first-order valence-electron chi connectivity index (χ1n) is 6.05. The zero-order valence-corrected chi connectivity index (χ0v) is 11.3. The highest BCUT2D eigenvalue weighted by molar-refractivity contribution is 5.87.